The van der Waals surface area contributed by atoms with Crippen LogP contribution in [0.3, 0.4) is 0 Å². The number of hydrazone groups is 1. The van der Waals surface area contributed by atoms with Crippen LogP contribution < -0.4 is 11.0 Å². The minimum absolute atomic E-state index is 0.0674. The number of benzene rings is 3. The molecule has 4 aromatic rings. The highest BCUT2D eigenvalue weighted by Gasteiger charge is 2.15. The minimum Gasteiger partial charge on any atom is -0.272 e. The molecule has 0 bridgehead atoms. The number of amides is 1. The van der Waals surface area contributed by atoms with Crippen molar-refractivity contribution < 1.29 is 4.79 Å². The van der Waals surface area contributed by atoms with Gasteiger partial charge in [-0.05, 0) is 40.8 Å². The minimum atomic E-state index is -0.283. The van der Waals surface area contributed by atoms with Gasteiger partial charge >= 0.3 is 0 Å². The molecule has 1 aromatic heterocycles. The van der Waals surface area contributed by atoms with Gasteiger partial charge in [0.25, 0.3) is 11.5 Å². The van der Waals surface area contributed by atoms with Crippen LogP contribution in [-0.2, 0) is 10.2 Å². The topological polar surface area (TPSA) is 76.3 Å². The number of para-hydroxylation sites is 2. The van der Waals surface area contributed by atoms with Gasteiger partial charge in [0, 0.05) is 0 Å². The van der Waals surface area contributed by atoms with Crippen LogP contribution in [0.1, 0.15) is 31.9 Å². The molecular formula is C27H26N4O2S. The molecule has 1 heterocycles. The first-order chi connectivity index (χ1) is 16.3. The summed E-state index contributed by atoms with van der Waals surface area (Å²) in [5.74, 6) is -0.215. The summed E-state index contributed by atoms with van der Waals surface area (Å²) in [5.41, 5.74) is 5.89. The second-order valence-electron chi connectivity index (χ2n) is 8.84. The Morgan fingerprint density at radius 1 is 1.00 bits per heavy atom. The van der Waals surface area contributed by atoms with Gasteiger partial charge in [0.1, 0.15) is 0 Å². The molecule has 0 fully saturated rings. The van der Waals surface area contributed by atoms with E-state index in [1.54, 1.807) is 22.9 Å². The molecule has 172 valence electrons. The van der Waals surface area contributed by atoms with Crippen LogP contribution in [0.4, 0.5) is 0 Å². The Morgan fingerprint density at radius 3 is 2.38 bits per heavy atom. The van der Waals surface area contributed by atoms with Crippen molar-refractivity contribution in [1.82, 2.24) is 15.0 Å². The van der Waals surface area contributed by atoms with Gasteiger partial charge < -0.3 is 0 Å². The number of nitrogens with zero attached hydrogens (tertiary/aromatic N) is 3. The highest BCUT2D eigenvalue weighted by Crippen LogP contribution is 2.22. The van der Waals surface area contributed by atoms with Crippen LogP contribution in [0.25, 0.3) is 16.6 Å². The molecule has 1 N–H and O–H groups in total. The molecule has 0 spiro atoms. The number of nitrogens with one attached hydrogen (secondary N) is 1. The molecule has 1 amide bonds. The smallest absolute Gasteiger partial charge is 0.266 e. The van der Waals surface area contributed by atoms with Gasteiger partial charge in [-0.2, -0.15) is 5.10 Å². The van der Waals surface area contributed by atoms with Crippen molar-refractivity contribution in [2.45, 2.75) is 31.3 Å². The second kappa shape index (κ2) is 10.1. The Kier molecular flexibility index (Phi) is 6.93. The highest BCUT2D eigenvalue weighted by atomic mass is 32.2. The normalized spacial score (nSPS) is 11.7. The number of hydrogen-bond donors (Lipinski definition) is 1. The van der Waals surface area contributed by atoms with Gasteiger partial charge in [-0.25, -0.2) is 10.4 Å². The third kappa shape index (κ3) is 5.43. The Morgan fingerprint density at radius 2 is 1.68 bits per heavy atom. The summed E-state index contributed by atoms with van der Waals surface area (Å²) in [4.78, 5) is 30.3. The summed E-state index contributed by atoms with van der Waals surface area (Å²) in [7, 11) is 0. The molecule has 0 aliphatic rings. The third-order valence-electron chi connectivity index (χ3n) is 5.27. The lowest BCUT2D eigenvalue weighted by molar-refractivity contribution is -0.118. The molecule has 0 aliphatic carbocycles. The van der Waals surface area contributed by atoms with Gasteiger partial charge in [0.05, 0.1) is 28.6 Å². The lowest BCUT2D eigenvalue weighted by Gasteiger charge is -2.18. The number of fused-ring (bicyclic) bond motifs is 1. The zero-order valence-electron chi connectivity index (χ0n) is 19.4. The van der Waals surface area contributed by atoms with Gasteiger partial charge in [-0.3, -0.25) is 14.2 Å². The fourth-order valence-corrected chi connectivity index (χ4v) is 4.23. The van der Waals surface area contributed by atoms with Crippen LogP contribution in [0.5, 0.6) is 0 Å². The number of rotatable bonds is 6. The van der Waals surface area contributed by atoms with E-state index < -0.39 is 0 Å². The summed E-state index contributed by atoms with van der Waals surface area (Å²) in [6.07, 6.45) is 1.61. The van der Waals surface area contributed by atoms with E-state index in [9.17, 15) is 9.59 Å². The number of carbonyl (C=O) groups excluding carboxylic acids is 1. The average Bonchev–Trinajstić information content (AvgIpc) is 2.83. The maximum absolute atomic E-state index is 13.2. The van der Waals surface area contributed by atoms with E-state index in [4.69, 9.17) is 0 Å². The molecule has 0 saturated carbocycles. The summed E-state index contributed by atoms with van der Waals surface area (Å²) >= 11 is 1.20. The Balaban J connectivity index is 1.48. The Bertz CT molecular complexity index is 1390. The molecule has 0 radical (unpaired) electrons. The van der Waals surface area contributed by atoms with Crippen LogP contribution in [-0.4, -0.2) is 27.4 Å². The Hall–Kier alpha value is -3.71. The van der Waals surface area contributed by atoms with Crippen LogP contribution in [0.15, 0.2) is 93.9 Å². The van der Waals surface area contributed by atoms with Crippen molar-refractivity contribution in [3.8, 4) is 5.69 Å². The van der Waals surface area contributed by atoms with Crippen LogP contribution in [0.2, 0.25) is 0 Å². The summed E-state index contributed by atoms with van der Waals surface area (Å²) in [5, 5.41) is 5.05. The second-order valence-corrected chi connectivity index (χ2v) is 9.78. The van der Waals surface area contributed by atoms with Crippen LogP contribution >= 0.6 is 11.8 Å². The molecule has 3 aromatic carbocycles. The number of carbonyl (C=O) groups is 1. The van der Waals surface area contributed by atoms with Crippen molar-refractivity contribution in [2.75, 3.05) is 5.75 Å². The average molecular weight is 471 g/mol. The highest BCUT2D eigenvalue weighted by molar-refractivity contribution is 7.99. The molecule has 0 atom stereocenters. The van der Waals surface area contributed by atoms with Gasteiger partial charge in [-0.1, -0.05) is 87.1 Å². The zero-order chi connectivity index (χ0) is 24.1. The van der Waals surface area contributed by atoms with Gasteiger partial charge in [0.15, 0.2) is 5.16 Å². The molecule has 6 nitrogen and oxygen atoms in total. The third-order valence-corrected chi connectivity index (χ3v) is 6.21. The van der Waals surface area contributed by atoms with Crippen molar-refractivity contribution >= 4 is 34.8 Å². The molecule has 0 aliphatic heterocycles. The SMILES string of the molecule is CC(C)(C)c1ccc(/C=N/NC(=O)CSc2nc3ccccc3c(=O)n2-c2ccccc2)cc1. The van der Waals surface area contributed by atoms with E-state index in [2.05, 4.69) is 48.4 Å². The molecule has 34 heavy (non-hydrogen) atoms. The maximum Gasteiger partial charge on any atom is 0.266 e. The van der Waals surface area contributed by atoms with E-state index in [-0.39, 0.29) is 22.6 Å². The predicted octanol–water partition coefficient (Wildman–Crippen LogP) is 4.93. The molecule has 0 saturated heterocycles. The number of thioether (sulfide) groups is 1. The van der Waals surface area contributed by atoms with Crippen molar-refractivity contribution in [3.05, 3.63) is 100 Å². The van der Waals surface area contributed by atoms with Gasteiger partial charge in [0.2, 0.25) is 0 Å². The van der Waals surface area contributed by atoms with Crippen molar-refractivity contribution in [3.63, 3.8) is 0 Å². The first-order valence-electron chi connectivity index (χ1n) is 11.0. The lowest BCUT2D eigenvalue weighted by Crippen LogP contribution is -2.24. The van der Waals surface area contributed by atoms with E-state index in [0.29, 0.717) is 21.7 Å². The summed E-state index contributed by atoms with van der Waals surface area (Å²) in [6, 6.07) is 24.6. The van der Waals surface area contributed by atoms with E-state index in [1.807, 2.05) is 54.6 Å². The first-order valence-corrected chi connectivity index (χ1v) is 11.9. The standard InChI is InChI=1S/C27H26N4O2S/c1-27(2,3)20-15-13-19(14-16-20)17-28-30-24(32)18-34-26-29-23-12-8-7-11-22(23)25(33)31(26)21-9-5-4-6-10-21/h4-17H,18H2,1-3H3,(H,30,32)/b28-17+. The Labute approximate surface area is 202 Å². The van der Waals surface area contributed by atoms with Crippen molar-refractivity contribution in [1.29, 1.82) is 0 Å². The summed E-state index contributed by atoms with van der Waals surface area (Å²) < 4.78 is 1.54. The monoisotopic (exact) mass is 470 g/mol. The molecule has 4 rings (SSSR count). The lowest BCUT2D eigenvalue weighted by atomic mass is 9.87. The predicted molar refractivity (Wildman–Crippen MR) is 139 cm³/mol. The largest absolute Gasteiger partial charge is 0.272 e. The van der Waals surface area contributed by atoms with E-state index in [1.165, 1.54) is 17.3 Å². The molecule has 7 heteroatoms. The summed E-state index contributed by atoms with van der Waals surface area (Å²) in [6.45, 7) is 6.49. The van der Waals surface area contributed by atoms with E-state index >= 15 is 0 Å². The number of aromatic nitrogens is 2. The van der Waals surface area contributed by atoms with Crippen LogP contribution in [0, 0.1) is 0 Å². The van der Waals surface area contributed by atoms with Crippen molar-refractivity contribution in [2.24, 2.45) is 5.10 Å². The quantitative estimate of drug-likeness (QED) is 0.188. The number of hydrogen-bond acceptors (Lipinski definition) is 5. The van der Waals surface area contributed by atoms with Gasteiger partial charge in [-0.15, -0.1) is 0 Å². The first kappa shape index (κ1) is 23.4. The fourth-order valence-electron chi connectivity index (χ4n) is 3.42. The zero-order valence-corrected chi connectivity index (χ0v) is 20.2. The molecular weight excluding hydrogens is 444 g/mol. The van der Waals surface area contributed by atoms with E-state index in [0.717, 1.165) is 5.56 Å². The fraction of sp³-hybridized carbons (Fsp3) is 0.185. The maximum atomic E-state index is 13.2. The molecule has 0 unspecified atom stereocenters.